The number of thioether (sulfide) groups is 1. The summed E-state index contributed by atoms with van der Waals surface area (Å²) in [5.74, 6) is -0.249. The molecule has 1 heterocycles. The number of rotatable bonds is 5. The van der Waals surface area contributed by atoms with Crippen LogP contribution in [0.15, 0.2) is 23.4 Å². The highest BCUT2D eigenvalue weighted by Gasteiger charge is 2.09. The number of carboxylic acid groups (broad SMARTS) is 1. The Balaban J connectivity index is 2.69. The van der Waals surface area contributed by atoms with Crippen molar-refractivity contribution >= 4 is 17.7 Å². The zero-order chi connectivity index (χ0) is 10.4. The second-order valence-electron chi connectivity index (χ2n) is 2.60. The highest BCUT2D eigenvalue weighted by Crippen LogP contribution is 2.21. The molecule has 5 heteroatoms. The van der Waals surface area contributed by atoms with Crippen molar-refractivity contribution < 1.29 is 15.0 Å². The van der Waals surface area contributed by atoms with Crippen molar-refractivity contribution in [3.63, 3.8) is 0 Å². The molecular weight excluding hydrogens is 202 g/mol. The highest BCUT2D eigenvalue weighted by atomic mass is 32.2. The van der Waals surface area contributed by atoms with Crippen LogP contribution in [0, 0.1) is 0 Å². The number of carboxylic acids is 1. The van der Waals surface area contributed by atoms with E-state index in [9.17, 15) is 4.79 Å². The zero-order valence-electron chi connectivity index (χ0n) is 7.51. The molecule has 0 radical (unpaired) electrons. The standard InChI is InChI=1S/C9H11NO3S/c11-4-1-5-14-8-6-10-3-2-7(8)9(12)13/h2-3,6,11H,1,4-5H2,(H,12,13). The highest BCUT2D eigenvalue weighted by molar-refractivity contribution is 7.99. The van der Waals surface area contributed by atoms with Crippen LogP contribution in [0.3, 0.4) is 0 Å². The normalized spacial score (nSPS) is 10.1. The van der Waals surface area contributed by atoms with Crippen LogP contribution in [0.5, 0.6) is 0 Å². The van der Waals surface area contributed by atoms with Crippen molar-refractivity contribution in [2.45, 2.75) is 11.3 Å². The van der Waals surface area contributed by atoms with Gasteiger partial charge in [0.05, 0.1) is 5.56 Å². The predicted octanol–water partition coefficient (Wildman–Crippen LogP) is 1.25. The van der Waals surface area contributed by atoms with Gasteiger partial charge in [-0.15, -0.1) is 11.8 Å². The molecule has 0 aliphatic carbocycles. The SMILES string of the molecule is O=C(O)c1ccncc1SCCCO. The fourth-order valence-corrected chi connectivity index (χ4v) is 1.86. The molecule has 1 aromatic rings. The number of hydrogen-bond acceptors (Lipinski definition) is 4. The van der Waals surface area contributed by atoms with E-state index >= 15 is 0 Å². The molecule has 0 saturated carbocycles. The molecule has 0 bridgehead atoms. The Labute approximate surface area is 86.0 Å². The van der Waals surface area contributed by atoms with E-state index in [1.807, 2.05) is 0 Å². The summed E-state index contributed by atoms with van der Waals surface area (Å²) in [7, 11) is 0. The molecule has 0 aromatic carbocycles. The Kier molecular flexibility index (Phi) is 4.42. The number of nitrogens with zero attached hydrogens (tertiary/aromatic N) is 1. The van der Waals surface area contributed by atoms with E-state index in [0.717, 1.165) is 0 Å². The summed E-state index contributed by atoms with van der Waals surface area (Å²) >= 11 is 1.40. The Bertz CT molecular complexity index is 317. The molecule has 0 amide bonds. The van der Waals surface area contributed by atoms with Crippen LogP contribution in [0.1, 0.15) is 16.8 Å². The molecule has 14 heavy (non-hydrogen) atoms. The third kappa shape index (κ3) is 3.01. The van der Waals surface area contributed by atoms with E-state index < -0.39 is 5.97 Å². The van der Waals surface area contributed by atoms with Crippen molar-refractivity contribution in [3.05, 3.63) is 24.0 Å². The molecule has 1 aromatic heterocycles. The van der Waals surface area contributed by atoms with Gasteiger partial charge in [0.2, 0.25) is 0 Å². The summed E-state index contributed by atoms with van der Waals surface area (Å²) in [5.41, 5.74) is 0.267. The average Bonchev–Trinajstić information content (AvgIpc) is 2.19. The van der Waals surface area contributed by atoms with E-state index in [2.05, 4.69) is 4.98 Å². The van der Waals surface area contributed by atoms with Gasteiger partial charge in [0.1, 0.15) is 0 Å². The van der Waals surface area contributed by atoms with Gasteiger partial charge in [0, 0.05) is 29.6 Å². The van der Waals surface area contributed by atoms with Gasteiger partial charge in [-0.05, 0) is 12.5 Å². The molecule has 0 fully saturated rings. The molecule has 4 nitrogen and oxygen atoms in total. The minimum atomic E-state index is -0.945. The van der Waals surface area contributed by atoms with Gasteiger partial charge in [0.25, 0.3) is 0 Å². The molecule has 0 spiro atoms. The lowest BCUT2D eigenvalue weighted by Gasteiger charge is -2.03. The molecule has 0 aliphatic heterocycles. The number of aliphatic hydroxyl groups is 1. The number of aliphatic hydroxyl groups excluding tert-OH is 1. The number of aromatic carboxylic acids is 1. The first-order chi connectivity index (χ1) is 6.75. The van der Waals surface area contributed by atoms with Gasteiger partial charge < -0.3 is 10.2 Å². The van der Waals surface area contributed by atoms with Crippen LogP contribution in [0.4, 0.5) is 0 Å². The summed E-state index contributed by atoms with van der Waals surface area (Å²) < 4.78 is 0. The number of aromatic nitrogens is 1. The van der Waals surface area contributed by atoms with Crippen molar-refractivity contribution in [2.24, 2.45) is 0 Å². The van der Waals surface area contributed by atoms with Crippen molar-refractivity contribution in [2.75, 3.05) is 12.4 Å². The van der Waals surface area contributed by atoms with Crippen LogP contribution >= 0.6 is 11.8 Å². The first-order valence-electron chi connectivity index (χ1n) is 4.16. The predicted molar refractivity (Wildman–Crippen MR) is 53.6 cm³/mol. The first-order valence-corrected chi connectivity index (χ1v) is 5.15. The molecule has 76 valence electrons. The molecular formula is C9H11NO3S. The first kappa shape index (κ1) is 11.0. The third-order valence-corrected chi connectivity index (χ3v) is 2.70. The lowest BCUT2D eigenvalue weighted by atomic mass is 10.3. The second kappa shape index (κ2) is 5.62. The van der Waals surface area contributed by atoms with Crippen LogP contribution in [-0.4, -0.2) is 33.5 Å². The Morgan fingerprint density at radius 1 is 1.57 bits per heavy atom. The Morgan fingerprint density at radius 3 is 3.00 bits per heavy atom. The lowest BCUT2D eigenvalue weighted by Crippen LogP contribution is -1.99. The van der Waals surface area contributed by atoms with E-state index in [1.54, 1.807) is 0 Å². The second-order valence-corrected chi connectivity index (χ2v) is 3.74. The van der Waals surface area contributed by atoms with Crippen molar-refractivity contribution in [1.82, 2.24) is 4.98 Å². The van der Waals surface area contributed by atoms with Gasteiger partial charge >= 0.3 is 5.97 Å². The van der Waals surface area contributed by atoms with Crippen molar-refractivity contribution in [1.29, 1.82) is 0 Å². The molecule has 0 unspecified atom stereocenters. The molecule has 0 saturated heterocycles. The number of pyridine rings is 1. The van der Waals surface area contributed by atoms with Gasteiger partial charge in [-0.1, -0.05) is 0 Å². The minimum absolute atomic E-state index is 0.121. The minimum Gasteiger partial charge on any atom is -0.478 e. The maximum atomic E-state index is 10.8. The topological polar surface area (TPSA) is 70.4 Å². The fourth-order valence-electron chi connectivity index (χ4n) is 0.918. The van der Waals surface area contributed by atoms with Gasteiger partial charge in [0.15, 0.2) is 0 Å². The summed E-state index contributed by atoms with van der Waals surface area (Å²) in [4.78, 5) is 15.3. The maximum Gasteiger partial charge on any atom is 0.336 e. The van der Waals surface area contributed by atoms with Gasteiger partial charge in [-0.25, -0.2) is 4.79 Å². The van der Waals surface area contributed by atoms with Gasteiger partial charge in [-0.2, -0.15) is 0 Å². The summed E-state index contributed by atoms with van der Waals surface area (Å²) in [6, 6.07) is 1.48. The smallest absolute Gasteiger partial charge is 0.336 e. The van der Waals surface area contributed by atoms with Crippen LogP contribution < -0.4 is 0 Å². The maximum absolute atomic E-state index is 10.8. The van der Waals surface area contributed by atoms with E-state index in [1.165, 1.54) is 30.2 Å². The summed E-state index contributed by atoms with van der Waals surface area (Å²) in [6.45, 7) is 0.121. The van der Waals surface area contributed by atoms with E-state index in [-0.39, 0.29) is 12.2 Å². The lowest BCUT2D eigenvalue weighted by molar-refractivity contribution is 0.0693. The zero-order valence-corrected chi connectivity index (χ0v) is 8.33. The van der Waals surface area contributed by atoms with Crippen LogP contribution in [-0.2, 0) is 0 Å². The van der Waals surface area contributed by atoms with E-state index in [0.29, 0.717) is 17.1 Å². The Morgan fingerprint density at radius 2 is 2.36 bits per heavy atom. The summed E-state index contributed by atoms with van der Waals surface area (Å²) in [5, 5.41) is 17.4. The fraction of sp³-hybridized carbons (Fsp3) is 0.333. The molecule has 0 atom stereocenters. The molecule has 2 N–H and O–H groups in total. The monoisotopic (exact) mass is 213 g/mol. The summed E-state index contributed by atoms with van der Waals surface area (Å²) in [6.07, 6.45) is 3.64. The average molecular weight is 213 g/mol. The molecule has 1 rings (SSSR count). The van der Waals surface area contributed by atoms with Crippen LogP contribution in [0.25, 0.3) is 0 Å². The van der Waals surface area contributed by atoms with Gasteiger partial charge in [-0.3, -0.25) is 4.98 Å². The number of hydrogen-bond donors (Lipinski definition) is 2. The Hall–Kier alpha value is -1.07. The van der Waals surface area contributed by atoms with Crippen LogP contribution in [0.2, 0.25) is 0 Å². The quantitative estimate of drug-likeness (QED) is 0.569. The third-order valence-electron chi connectivity index (χ3n) is 1.57. The molecule has 0 aliphatic rings. The largest absolute Gasteiger partial charge is 0.478 e. The number of carbonyl (C=O) groups is 1. The van der Waals surface area contributed by atoms with E-state index in [4.69, 9.17) is 10.2 Å². The van der Waals surface area contributed by atoms with Crippen molar-refractivity contribution in [3.8, 4) is 0 Å².